The Bertz CT molecular complexity index is 553. The molecule has 0 saturated carbocycles. The molecule has 5 heteroatoms. The summed E-state index contributed by atoms with van der Waals surface area (Å²) in [6.07, 6.45) is 4.71. The maximum absolute atomic E-state index is 14.1. The zero-order valence-electron chi connectivity index (χ0n) is 11.0. The van der Waals surface area contributed by atoms with E-state index in [1.807, 2.05) is 10.9 Å². The van der Waals surface area contributed by atoms with Crippen molar-refractivity contribution in [3.8, 4) is 0 Å². The first kappa shape index (κ1) is 14.0. The van der Waals surface area contributed by atoms with Gasteiger partial charge in [-0.1, -0.05) is 30.7 Å². The van der Waals surface area contributed by atoms with Crippen LogP contribution in [-0.4, -0.2) is 16.8 Å². The molecule has 0 spiro atoms. The van der Waals surface area contributed by atoms with E-state index < -0.39 is 0 Å². The summed E-state index contributed by atoms with van der Waals surface area (Å²) >= 11 is 5.83. The van der Waals surface area contributed by atoms with E-state index >= 15 is 0 Å². The second-order valence-corrected chi connectivity index (χ2v) is 4.81. The standard InChI is InChI=1S/C14H17ClFN3/c1-3-7-19-9-10(8-18-19)14(17-2)11-5-4-6-12(15)13(11)16/h4-6,8-9,14,17H,3,7H2,1-2H3. The summed E-state index contributed by atoms with van der Waals surface area (Å²) in [5.74, 6) is -0.383. The quantitative estimate of drug-likeness (QED) is 0.910. The van der Waals surface area contributed by atoms with Gasteiger partial charge in [-0.2, -0.15) is 5.10 Å². The molecule has 0 aliphatic carbocycles. The van der Waals surface area contributed by atoms with Gasteiger partial charge in [-0.3, -0.25) is 4.68 Å². The highest BCUT2D eigenvalue weighted by Crippen LogP contribution is 2.27. The van der Waals surface area contributed by atoms with Crippen molar-refractivity contribution >= 4 is 11.6 Å². The molecular weight excluding hydrogens is 265 g/mol. The summed E-state index contributed by atoms with van der Waals surface area (Å²) < 4.78 is 15.9. The number of hydrogen-bond acceptors (Lipinski definition) is 2. The van der Waals surface area contributed by atoms with Crippen LogP contribution in [0.4, 0.5) is 4.39 Å². The molecule has 0 amide bonds. The molecule has 0 saturated heterocycles. The molecule has 2 aromatic rings. The molecule has 0 radical (unpaired) electrons. The Morgan fingerprint density at radius 2 is 2.26 bits per heavy atom. The lowest BCUT2D eigenvalue weighted by molar-refractivity contribution is 0.574. The molecule has 1 unspecified atom stereocenters. The van der Waals surface area contributed by atoms with E-state index in [-0.39, 0.29) is 16.9 Å². The van der Waals surface area contributed by atoms with E-state index in [1.54, 1.807) is 31.4 Å². The first-order chi connectivity index (χ1) is 9.17. The lowest BCUT2D eigenvalue weighted by Gasteiger charge is -2.16. The SMILES string of the molecule is CCCn1cc(C(NC)c2cccc(Cl)c2F)cn1. The van der Waals surface area contributed by atoms with E-state index in [1.165, 1.54) is 0 Å². The van der Waals surface area contributed by atoms with Crippen molar-refractivity contribution in [1.82, 2.24) is 15.1 Å². The summed E-state index contributed by atoms with van der Waals surface area (Å²) in [6.45, 7) is 2.95. The molecule has 0 aliphatic heterocycles. The number of aryl methyl sites for hydroxylation is 1. The van der Waals surface area contributed by atoms with Crippen molar-refractivity contribution in [2.45, 2.75) is 25.9 Å². The molecule has 1 aromatic heterocycles. The van der Waals surface area contributed by atoms with Gasteiger partial charge in [0.05, 0.1) is 17.3 Å². The van der Waals surface area contributed by atoms with Crippen molar-refractivity contribution in [1.29, 1.82) is 0 Å². The number of aromatic nitrogens is 2. The first-order valence-corrected chi connectivity index (χ1v) is 6.68. The highest BCUT2D eigenvalue weighted by atomic mass is 35.5. The van der Waals surface area contributed by atoms with E-state index in [0.717, 1.165) is 18.5 Å². The van der Waals surface area contributed by atoms with Crippen molar-refractivity contribution in [2.24, 2.45) is 0 Å². The molecule has 0 fully saturated rings. The minimum Gasteiger partial charge on any atom is -0.309 e. The number of nitrogens with zero attached hydrogens (tertiary/aromatic N) is 2. The van der Waals surface area contributed by atoms with E-state index in [2.05, 4.69) is 17.3 Å². The van der Waals surface area contributed by atoms with E-state index in [0.29, 0.717) is 5.56 Å². The fourth-order valence-electron chi connectivity index (χ4n) is 2.13. The lowest BCUT2D eigenvalue weighted by Crippen LogP contribution is -2.18. The number of nitrogens with one attached hydrogen (secondary N) is 1. The fraction of sp³-hybridized carbons (Fsp3) is 0.357. The second-order valence-electron chi connectivity index (χ2n) is 4.40. The monoisotopic (exact) mass is 281 g/mol. The molecule has 19 heavy (non-hydrogen) atoms. The Morgan fingerprint density at radius 1 is 1.47 bits per heavy atom. The van der Waals surface area contributed by atoms with Crippen molar-refractivity contribution in [3.63, 3.8) is 0 Å². The number of halogens is 2. The molecule has 0 aliphatic rings. The highest BCUT2D eigenvalue weighted by molar-refractivity contribution is 6.30. The summed E-state index contributed by atoms with van der Waals surface area (Å²) in [5, 5.41) is 7.52. The van der Waals surface area contributed by atoms with Crippen molar-refractivity contribution in [2.75, 3.05) is 7.05 Å². The van der Waals surface area contributed by atoms with Gasteiger partial charge in [0.1, 0.15) is 5.82 Å². The predicted octanol–water partition coefficient (Wildman–Crippen LogP) is 3.39. The normalized spacial score (nSPS) is 12.6. The van der Waals surface area contributed by atoms with Gasteiger partial charge in [0.15, 0.2) is 0 Å². The van der Waals surface area contributed by atoms with Crippen LogP contribution in [0, 0.1) is 5.82 Å². The van der Waals surface area contributed by atoms with Crippen LogP contribution >= 0.6 is 11.6 Å². The molecule has 1 heterocycles. The first-order valence-electron chi connectivity index (χ1n) is 6.31. The Balaban J connectivity index is 2.35. The zero-order valence-corrected chi connectivity index (χ0v) is 11.8. The van der Waals surface area contributed by atoms with Gasteiger partial charge in [0, 0.05) is 23.9 Å². The van der Waals surface area contributed by atoms with Crippen LogP contribution in [0.5, 0.6) is 0 Å². The maximum Gasteiger partial charge on any atom is 0.146 e. The molecule has 1 atom stereocenters. The molecule has 1 N–H and O–H groups in total. The summed E-state index contributed by atoms with van der Waals surface area (Å²) in [7, 11) is 1.79. The average Bonchev–Trinajstić information content (AvgIpc) is 2.84. The van der Waals surface area contributed by atoms with Crippen LogP contribution in [0.2, 0.25) is 5.02 Å². The van der Waals surface area contributed by atoms with E-state index in [9.17, 15) is 4.39 Å². The van der Waals surface area contributed by atoms with Crippen LogP contribution in [0.3, 0.4) is 0 Å². The van der Waals surface area contributed by atoms with Gasteiger partial charge in [0.2, 0.25) is 0 Å². The Labute approximate surface area is 117 Å². The summed E-state index contributed by atoms with van der Waals surface area (Å²) in [4.78, 5) is 0. The van der Waals surface area contributed by atoms with Gasteiger partial charge in [-0.25, -0.2) is 4.39 Å². The number of benzene rings is 1. The third-order valence-corrected chi connectivity index (χ3v) is 3.31. The van der Waals surface area contributed by atoms with Crippen molar-refractivity contribution in [3.05, 3.63) is 52.6 Å². The third-order valence-electron chi connectivity index (χ3n) is 3.02. The van der Waals surface area contributed by atoms with Crippen LogP contribution < -0.4 is 5.32 Å². The molecule has 3 nitrogen and oxygen atoms in total. The van der Waals surface area contributed by atoms with Crippen LogP contribution in [-0.2, 0) is 6.54 Å². The van der Waals surface area contributed by atoms with Crippen LogP contribution in [0.15, 0.2) is 30.6 Å². The van der Waals surface area contributed by atoms with E-state index in [4.69, 9.17) is 11.6 Å². The van der Waals surface area contributed by atoms with Gasteiger partial charge in [-0.15, -0.1) is 0 Å². The summed E-state index contributed by atoms with van der Waals surface area (Å²) in [5.41, 5.74) is 1.46. The van der Waals surface area contributed by atoms with Gasteiger partial charge in [-0.05, 0) is 19.5 Å². The second kappa shape index (κ2) is 6.17. The largest absolute Gasteiger partial charge is 0.309 e. The van der Waals surface area contributed by atoms with Crippen molar-refractivity contribution < 1.29 is 4.39 Å². The molecule has 0 bridgehead atoms. The molecule has 102 valence electrons. The Kier molecular flexibility index (Phi) is 4.56. The molecule has 1 aromatic carbocycles. The smallest absolute Gasteiger partial charge is 0.146 e. The Hall–Kier alpha value is -1.39. The van der Waals surface area contributed by atoms with Gasteiger partial charge >= 0.3 is 0 Å². The third kappa shape index (κ3) is 2.96. The number of rotatable bonds is 5. The average molecular weight is 282 g/mol. The Morgan fingerprint density at radius 3 is 2.95 bits per heavy atom. The minimum atomic E-state index is -0.383. The van der Waals surface area contributed by atoms with Gasteiger partial charge in [0.25, 0.3) is 0 Å². The molecule has 2 rings (SSSR count). The van der Waals surface area contributed by atoms with Crippen LogP contribution in [0.1, 0.15) is 30.5 Å². The lowest BCUT2D eigenvalue weighted by atomic mass is 10.0. The van der Waals surface area contributed by atoms with Gasteiger partial charge < -0.3 is 5.32 Å². The predicted molar refractivity (Wildman–Crippen MR) is 74.8 cm³/mol. The van der Waals surface area contributed by atoms with Crippen LogP contribution in [0.25, 0.3) is 0 Å². The minimum absolute atomic E-state index is 0.138. The number of hydrogen-bond donors (Lipinski definition) is 1. The fourth-order valence-corrected chi connectivity index (χ4v) is 2.31. The molecular formula is C14H17ClFN3. The summed E-state index contributed by atoms with van der Waals surface area (Å²) in [6, 6.07) is 4.79. The maximum atomic E-state index is 14.1. The topological polar surface area (TPSA) is 29.9 Å². The highest BCUT2D eigenvalue weighted by Gasteiger charge is 2.19. The zero-order chi connectivity index (χ0) is 13.8.